The largest absolute Gasteiger partial charge is 0.423 e. The molecule has 0 aliphatic rings. The van der Waals surface area contributed by atoms with Gasteiger partial charge in [-0.2, -0.15) is 0 Å². The second-order valence-corrected chi connectivity index (χ2v) is 3.71. The number of nitrogens with zero attached hydrogens (tertiary/aromatic N) is 1. The van der Waals surface area contributed by atoms with Crippen molar-refractivity contribution in [2.75, 3.05) is 0 Å². The van der Waals surface area contributed by atoms with E-state index in [4.69, 9.17) is 4.42 Å². The van der Waals surface area contributed by atoms with Crippen molar-refractivity contribution in [1.29, 1.82) is 0 Å². The molecule has 0 unspecified atom stereocenters. The van der Waals surface area contributed by atoms with Crippen molar-refractivity contribution in [3.05, 3.63) is 49.3 Å². The van der Waals surface area contributed by atoms with Crippen LogP contribution in [-0.2, 0) is 0 Å². The van der Waals surface area contributed by atoms with E-state index in [0.29, 0.717) is 15.4 Å². The van der Waals surface area contributed by atoms with Crippen molar-refractivity contribution < 1.29 is 9.34 Å². The summed E-state index contributed by atoms with van der Waals surface area (Å²) in [5.41, 5.74) is -0.222. The topological polar surface area (TPSA) is 73.3 Å². The molecule has 0 spiro atoms. The highest BCUT2D eigenvalue weighted by molar-refractivity contribution is 9.10. The molecular weight excluding hydrogens is 266 g/mol. The van der Waals surface area contributed by atoms with Gasteiger partial charge in [-0.1, -0.05) is 0 Å². The number of halogens is 1. The van der Waals surface area contributed by atoms with E-state index in [1.807, 2.05) is 0 Å². The summed E-state index contributed by atoms with van der Waals surface area (Å²) in [4.78, 5) is 21.0. The molecule has 0 amide bonds. The lowest BCUT2D eigenvalue weighted by molar-refractivity contribution is -0.384. The van der Waals surface area contributed by atoms with Crippen LogP contribution in [0.25, 0.3) is 11.0 Å². The quantitative estimate of drug-likeness (QED) is 0.453. The fourth-order valence-corrected chi connectivity index (χ4v) is 1.72. The molecule has 2 rings (SSSR count). The zero-order valence-corrected chi connectivity index (χ0v) is 8.85. The van der Waals surface area contributed by atoms with E-state index in [2.05, 4.69) is 15.9 Å². The smallest absolute Gasteiger partial charge is 0.337 e. The summed E-state index contributed by atoms with van der Waals surface area (Å²) in [7, 11) is 0. The number of hydrogen-bond donors (Lipinski definition) is 0. The monoisotopic (exact) mass is 269 g/mol. The van der Waals surface area contributed by atoms with Gasteiger partial charge in [0.05, 0.1) is 4.92 Å². The Balaban J connectivity index is 2.82. The van der Waals surface area contributed by atoms with Gasteiger partial charge in [-0.3, -0.25) is 10.1 Å². The van der Waals surface area contributed by atoms with E-state index in [1.165, 1.54) is 24.3 Å². The molecule has 0 saturated carbocycles. The molecule has 0 atom stereocenters. The lowest BCUT2D eigenvalue weighted by Crippen LogP contribution is -1.96. The fourth-order valence-electron chi connectivity index (χ4n) is 1.23. The van der Waals surface area contributed by atoms with Crippen LogP contribution in [0.15, 0.2) is 37.9 Å². The molecular formula is C9H4BrNO4. The van der Waals surface area contributed by atoms with Crippen molar-refractivity contribution in [2.45, 2.75) is 0 Å². The van der Waals surface area contributed by atoms with Gasteiger partial charge in [0.25, 0.3) is 5.69 Å². The summed E-state index contributed by atoms with van der Waals surface area (Å²) in [5.74, 6) is 0. The molecule has 76 valence electrons. The highest BCUT2D eigenvalue weighted by Gasteiger charge is 2.09. The number of nitro benzene ring substituents is 1. The Morgan fingerprint density at radius 3 is 2.73 bits per heavy atom. The molecule has 0 bridgehead atoms. The standard InChI is InChI=1S/C9H4BrNO4/c10-7-4-9(12)15-8-2-1-5(11(13)14)3-6(7)8/h1-4H. The number of nitro groups is 1. The molecule has 1 aromatic carbocycles. The SMILES string of the molecule is O=c1cc(Br)c2cc([N+](=O)[O-])ccc2o1. The Hall–Kier alpha value is -1.69. The Morgan fingerprint density at radius 1 is 1.33 bits per heavy atom. The highest BCUT2D eigenvalue weighted by atomic mass is 79.9. The average Bonchev–Trinajstić information content (AvgIpc) is 2.16. The van der Waals surface area contributed by atoms with E-state index in [0.717, 1.165) is 0 Å². The molecule has 1 aromatic heterocycles. The number of hydrogen-bond acceptors (Lipinski definition) is 4. The van der Waals surface area contributed by atoms with Gasteiger partial charge in [-0.25, -0.2) is 4.79 Å². The Kier molecular flexibility index (Phi) is 2.28. The lowest BCUT2D eigenvalue weighted by Gasteiger charge is -1.98. The van der Waals surface area contributed by atoms with Gasteiger partial charge < -0.3 is 4.42 Å². The van der Waals surface area contributed by atoms with E-state index in [-0.39, 0.29) is 5.69 Å². The van der Waals surface area contributed by atoms with Crippen LogP contribution in [0.1, 0.15) is 0 Å². The van der Waals surface area contributed by atoms with Gasteiger partial charge in [-0.05, 0) is 22.0 Å². The van der Waals surface area contributed by atoms with Crippen molar-refractivity contribution in [2.24, 2.45) is 0 Å². The summed E-state index contributed by atoms with van der Waals surface area (Å²) >= 11 is 3.15. The summed E-state index contributed by atoms with van der Waals surface area (Å²) in [5, 5.41) is 11.0. The Labute approximate surface area is 91.6 Å². The predicted octanol–water partition coefficient (Wildman–Crippen LogP) is 2.46. The maximum absolute atomic E-state index is 11.0. The third-order valence-corrected chi connectivity index (χ3v) is 2.54. The number of non-ortho nitro benzene ring substituents is 1. The normalized spacial score (nSPS) is 10.5. The minimum atomic E-state index is -0.503. The molecule has 0 radical (unpaired) electrons. The molecule has 0 aliphatic carbocycles. The first-order valence-corrected chi connectivity index (χ1v) is 4.75. The first-order chi connectivity index (χ1) is 7.08. The van der Waals surface area contributed by atoms with Crippen molar-refractivity contribution in [3.63, 3.8) is 0 Å². The average molecular weight is 270 g/mol. The summed E-state index contributed by atoms with van der Waals surface area (Å²) < 4.78 is 5.35. The minimum absolute atomic E-state index is 0.0444. The summed E-state index contributed by atoms with van der Waals surface area (Å²) in [6.45, 7) is 0. The van der Waals surface area contributed by atoms with Crippen LogP contribution < -0.4 is 5.63 Å². The first kappa shape index (κ1) is 9.85. The summed E-state index contributed by atoms with van der Waals surface area (Å²) in [6, 6.07) is 5.27. The molecule has 0 N–H and O–H groups in total. The Bertz CT molecular complexity index is 605. The van der Waals surface area contributed by atoms with Crippen LogP contribution in [-0.4, -0.2) is 4.92 Å². The predicted molar refractivity (Wildman–Crippen MR) is 56.8 cm³/mol. The van der Waals surface area contributed by atoms with E-state index in [1.54, 1.807) is 0 Å². The maximum atomic E-state index is 11.0. The van der Waals surface area contributed by atoms with Crippen LogP contribution in [0.5, 0.6) is 0 Å². The van der Waals surface area contributed by atoms with E-state index < -0.39 is 10.5 Å². The van der Waals surface area contributed by atoms with Crippen LogP contribution in [0.4, 0.5) is 5.69 Å². The lowest BCUT2D eigenvalue weighted by atomic mass is 10.2. The molecule has 1 heterocycles. The zero-order valence-electron chi connectivity index (χ0n) is 7.27. The van der Waals surface area contributed by atoms with Gasteiger partial charge in [0.1, 0.15) is 5.58 Å². The Morgan fingerprint density at radius 2 is 2.07 bits per heavy atom. The van der Waals surface area contributed by atoms with Crippen LogP contribution in [0.3, 0.4) is 0 Å². The molecule has 2 aromatic rings. The number of benzene rings is 1. The molecule has 15 heavy (non-hydrogen) atoms. The zero-order chi connectivity index (χ0) is 11.0. The molecule has 0 aliphatic heterocycles. The van der Waals surface area contributed by atoms with Gasteiger partial charge in [0, 0.05) is 28.1 Å². The highest BCUT2D eigenvalue weighted by Crippen LogP contribution is 2.25. The second kappa shape index (κ2) is 3.47. The van der Waals surface area contributed by atoms with Crippen molar-refractivity contribution in [1.82, 2.24) is 0 Å². The molecule has 0 fully saturated rings. The van der Waals surface area contributed by atoms with Crippen molar-refractivity contribution >= 4 is 32.6 Å². The van der Waals surface area contributed by atoms with Crippen molar-refractivity contribution in [3.8, 4) is 0 Å². The first-order valence-electron chi connectivity index (χ1n) is 3.96. The summed E-state index contributed by atoms with van der Waals surface area (Å²) in [6.07, 6.45) is 0. The van der Waals surface area contributed by atoms with Gasteiger partial charge >= 0.3 is 5.63 Å². The number of rotatable bonds is 1. The van der Waals surface area contributed by atoms with E-state index in [9.17, 15) is 14.9 Å². The molecule has 0 saturated heterocycles. The van der Waals surface area contributed by atoms with Crippen LogP contribution in [0.2, 0.25) is 0 Å². The van der Waals surface area contributed by atoms with Crippen LogP contribution in [0, 0.1) is 10.1 Å². The van der Waals surface area contributed by atoms with Gasteiger partial charge in [0.15, 0.2) is 0 Å². The third kappa shape index (κ3) is 1.75. The molecule has 6 heteroatoms. The molecule has 5 nitrogen and oxygen atoms in total. The second-order valence-electron chi connectivity index (χ2n) is 2.85. The third-order valence-electron chi connectivity index (χ3n) is 1.89. The van der Waals surface area contributed by atoms with E-state index >= 15 is 0 Å². The van der Waals surface area contributed by atoms with Gasteiger partial charge in [-0.15, -0.1) is 0 Å². The van der Waals surface area contributed by atoms with Gasteiger partial charge in [0.2, 0.25) is 0 Å². The maximum Gasteiger partial charge on any atom is 0.337 e. The number of fused-ring (bicyclic) bond motifs is 1. The fraction of sp³-hybridized carbons (Fsp3) is 0. The minimum Gasteiger partial charge on any atom is -0.423 e. The van der Waals surface area contributed by atoms with Crippen LogP contribution >= 0.6 is 15.9 Å².